The molecule has 0 saturated heterocycles. The van der Waals surface area contributed by atoms with E-state index < -0.39 is 8.32 Å². The molecule has 0 saturated carbocycles. The molecule has 0 aliphatic heterocycles. The molecule has 0 fully saturated rings. The molecular weight excluding hydrogens is 426 g/mol. The fraction of sp³-hybridized carbons (Fsp3) is 0.321. The van der Waals surface area contributed by atoms with E-state index in [0.29, 0.717) is 18.1 Å². The minimum atomic E-state index is -2.52. The number of nitrogens with one attached hydrogen (secondary N) is 1. The molecule has 33 heavy (non-hydrogen) atoms. The molecule has 1 N–H and O–H groups in total. The van der Waals surface area contributed by atoms with Crippen molar-refractivity contribution in [3.8, 4) is 0 Å². The fourth-order valence-corrected chi connectivity index (χ4v) is 8.91. The van der Waals surface area contributed by atoms with Crippen molar-refractivity contribution in [1.82, 2.24) is 0 Å². The van der Waals surface area contributed by atoms with Gasteiger partial charge in [0, 0.05) is 18.8 Å². The summed E-state index contributed by atoms with van der Waals surface area (Å²) in [6.07, 6.45) is 0. The highest BCUT2D eigenvalue weighted by Gasteiger charge is 2.50. The monoisotopic (exact) mass is 461 g/mol. The first-order chi connectivity index (χ1) is 15.8. The number of hydrogen-bond donors (Lipinski definition) is 1. The second kappa shape index (κ2) is 10.8. The zero-order valence-corrected chi connectivity index (χ0v) is 21.3. The summed E-state index contributed by atoms with van der Waals surface area (Å²) in [7, 11) is -1.13. The molecule has 4 nitrogen and oxygen atoms in total. The highest BCUT2D eigenvalue weighted by atomic mass is 28.4. The van der Waals surface area contributed by atoms with Crippen LogP contribution in [0.15, 0.2) is 84.9 Å². The molecule has 3 aromatic carbocycles. The van der Waals surface area contributed by atoms with Crippen LogP contribution in [0.1, 0.15) is 38.1 Å². The predicted octanol–water partition coefficient (Wildman–Crippen LogP) is 5.10. The van der Waals surface area contributed by atoms with E-state index in [0.717, 1.165) is 12.2 Å². The van der Waals surface area contributed by atoms with E-state index in [1.165, 1.54) is 17.5 Å². The summed E-state index contributed by atoms with van der Waals surface area (Å²) in [5.74, 6) is -0.0273. The Morgan fingerprint density at radius 3 is 1.85 bits per heavy atom. The van der Waals surface area contributed by atoms with Gasteiger partial charge in [-0.25, -0.2) is 4.79 Å². The SMILES string of the molecule is COC(=O)c1ccc(NC[C@H](C)CO[Si](c2ccccc2)(c2ccccc2)C(C)(C)C)cc1. The molecule has 5 heteroatoms. The minimum absolute atomic E-state index is 0.0351. The number of esters is 1. The Hall–Kier alpha value is -2.89. The van der Waals surface area contributed by atoms with Gasteiger partial charge in [0.1, 0.15) is 0 Å². The molecule has 0 radical (unpaired) electrons. The molecule has 0 spiro atoms. The topological polar surface area (TPSA) is 47.6 Å². The largest absolute Gasteiger partial charge is 0.465 e. The van der Waals surface area contributed by atoms with Gasteiger partial charge < -0.3 is 14.5 Å². The van der Waals surface area contributed by atoms with Crippen LogP contribution in [-0.2, 0) is 9.16 Å². The summed E-state index contributed by atoms with van der Waals surface area (Å²) in [5, 5.41) is 6.02. The molecule has 0 aromatic heterocycles. The Balaban J connectivity index is 1.76. The molecule has 0 aliphatic rings. The van der Waals surface area contributed by atoms with Crippen LogP contribution in [0.3, 0.4) is 0 Å². The van der Waals surface area contributed by atoms with Crippen molar-refractivity contribution in [2.75, 3.05) is 25.6 Å². The number of carbonyl (C=O) groups is 1. The van der Waals surface area contributed by atoms with E-state index in [1.807, 2.05) is 12.1 Å². The third-order valence-corrected chi connectivity index (χ3v) is 11.0. The van der Waals surface area contributed by atoms with Crippen LogP contribution >= 0.6 is 0 Å². The van der Waals surface area contributed by atoms with Gasteiger partial charge in [-0.2, -0.15) is 0 Å². The Bertz CT molecular complexity index is 975. The van der Waals surface area contributed by atoms with E-state index >= 15 is 0 Å². The number of hydrogen-bond acceptors (Lipinski definition) is 4. The number of benzene rings is 3. The maximum absolute atomic E-state index is 11.6. The van der Waals surface area contributed by atoms with E-state index in [-0.39, 0.29) is 11.0 Å². The summed E-state index contributed by atoms with van der Waals surface area (Å²) >= 11 is 0. The summed E-state index contributed by atoms with van der Waals surface area (Å²) < 4.78 is 11.8. The number of ether oxygens (including phenoxy) is 1. The van der Waals surface area contributed by atoms with Crippen molar-refractivity contribution in [3.05, 3.63) is 90.5 Å². The molecule has 174 valence electrons. The molecule has 1 atom stereocenters. The Morgan fingerprint density at radius 1 is 0.879 bits per heavy atom. The lowest BCUT2D eigenvalue weighted by atomic mass is 10.1. The van der Waals surface area contributed by atoms with Crippen molar-refractivity contribution >= 4 is 30.3 Å². The smallest absolute Gasteiger partial charge is 0.337 e. The van der Waals surface area contributed by atoms with Gasteiger partial charge >= 0.3 is 5.97 Å². The Morgan fingerprint density at radius 2 is 1.39 bits per heavy atom. The first kappa shape index (κ1) is 24.7. The van der Waals surface area contributed by atoms with Gasteiger partial charge in [0.05, 0.1) is 12.7 Å². The van der Waals surface area contributed by atoms with Crippen LogP contribution in [0.2, 0.25) is 5.04 Å². The van der Waals surface area contributed by atoms with E-state index in [9.17, 15) is 4.79 Å². The lowest BCUT2D eigenvalue weighted by Gasteiger charge is -2.43. The quantitative estimate of drug-likeness (QED) is 0.356. The molecular formula is C28H35NO3Si. The molecule has 3 rings (SSSR count). The summed E-state index contributed by atoms with van der Waals surface area (Å²) in [4.78, 5) is 11.6. The average Bonchev–Trinajstić information content (AvgIpc) is 2.83. The molecule has 0 aliphatic carbocycles. The third-order valence-electron chi connectivity index (χ3n) is 5.96. The first-order valence-corrected chi connectivity index (χ1v) is 13.4. The molecule has 0 heterocycles. The van der Waals surface area contributed by atoms with Crippen LogP contribution in [0.5, 0.6) is 0 Å². The molecule has 0 unspecified atom stereocenters. The van der Waals surface area contributed by atoms with Crippen molar-refractivity contribution in [2.45, 2.75) is 32.7 Å². The van der Waals surface area contributed by atoms with Gasteiger partial charge in [0.2, 0.25) is 0 Å². The lowest BCUT2D eigenvalue weighted by Crippen LogP contribution is -2.67. The van der Waals surface area contributed by atoms with E-state index in [1.54, 1.807) is 12.1 Å². The van der Waals surface area contributed by atoms with Gasteiger partial charge in [0.15, 0.2) is 0 Å². The zero-order chi connectivity index (χ0) is 23.9. The summed E-state index contributed by atoms with van der Waals surface area (Å²) in [5.41, 5.74) is 1.52. The summed E-state index contributed by atoms with van der Waals surface area (Å²) in [6, 6.07) is 28.8. The van der Waals surface area contributed by atoms with Gasteiger partial charge in [0.25, 0.3) is 8.32 Å². The number of rotatable bonds is 9. The van der Waals surface area contributed by atoms with Gasteiger partial charge in [-0.3, -0.25) is 0 Å². The Kier molecular flexibility index (Phi) is 8.11. The van der Waals surface area contributed by atoms with Gasteiger partial charge in [-0.1, -0.05) is 88.4 Å². The van der Waals surface area contributed by atoms with Gasteiger partial charge in [-0.05, 0) is 45.6 Å². The highest BCUT2D eigenvalue weighted by Crippen LogP contribution is 2.37. The first-order valence-electron chi connectivity index (χ1n) is 11.4. The predicted molar refractivity (Wildman–Crippen MR) is 139 cm³/mol. The standard InChI is InChI=1S/C28H35NO3Si/c1-22(20-29-24-18-16-23(17-19-24)27(30)31-5)21-32-33(28(2,3)4,25-12-8-6-9-13-25)26-14-10-7-11-15-26/h6-19,22,29H,20-21H2,1-5H3/t22-/m0/s1. The van der Waals surface area contributed by atoms with Gasteiger partial charge in [-0.15, -0.1) is 0 Å². The van der Waals surface area contributed by atoms with Crippen LogP contribution < -0.4 is 15.7 Å². The molecule has 3 aromatic rings. The van der Waals surface area contributed by atoms with Crippen molar-refractivity contribution in [1.29, 1.82) is 0 Å². The lowest BCUT2D eigenvalue weighted by molar-refractivity contribution is 0.0601. The zero-order valence-electron chi connectivity index (χ0n) is 20.3. The van der Waals surface area contributed by atoms with E-state index in [2.05, 4.69) is 93.7 Å². The molecule has 0 amide bonds. The van der Waals surface area contributed by atoms with Crippen molar-refractivity contribution in [2.24, 2.45) is 5.92 Å². The van der Waals surface area contributed by atoms with Crippen LogP contribution in [-0.4, -0.2) is 34.5 Å². The second-order valence-corrected chi connectivity index (χ2v) is 13.8. The highest BCUT2D eigenvalue weighted by molar-refractivity contribution is 6.99. The second-order valence-electron chi connectivity index (χ2n) is 9.53. The fourth-order valence-electron chi connectivity index (χ4n) is 4.22. The maximum atomic E-state index is 11.6. The number of methoxy groups -OCH3 is 1. The molecule has 0 bridgehead atoms. The minimum Gasteiger partial charge on any atom is -0.465 e. The van der Waals surface area contributed by atoms with Crippen LogP contribution in [0, 0.1) is 5.92 Å². The van der Waals surface area contributed by atoms with Crippen LogP contribution in [0.4, 0.5) is 5.69 Å². The normalized spacial score (nSPS) is 12.8. The van der Waals surface area contributed by atoms with Crippen molar-refractivity contribution < 1.29 is 14.0 Å². The number of anilines is 1. The third kappa shape index (κ3) is 5.73. The summed E-state index contributed by atoms with van der Waals surface area (Å²) in [6.45, 7) is 10.5. The Labute approximate surface area is 199 Å². The van der Waals surface area contributed by atoms with Crippen LogP contribution in [0.25, 0.3) is 0 Å². The van der Waals surface area contributed by atoms with E-state index in [4.69, 9.17) is 9.16 Å². The number of carbonyl (C=O) groups excluding carboxylic acids is 1. The maximum Gasteiger partial charge on any atom is 0.337 e. The average molecular weight is 462 g/mol. The van der Waals surface area contributed by atoms with Crippen molar-refractivity contribution in [3.63, 3.8) is 0 Å².